The van der Waals surface area contributed by atoms with Crippen molar-refractivity contribution in [2.75, 3.05) is 4.90 Å². The van der Waals surface area contributed by atoms with E-state index in [0.717, 1.165) is 68.2 Å². The van der Waals surface area contributed by atoms with E-state index in [0.29, 0.717) is 0 Å². The van der Waals surface area contributed by atoms with Crippen LogP contribution in [0, 0.1) is 0 Å². The summed E-state index contributed by atoms with van der Waals surface area (Å²) in [5.74, 6) is 0. The van der Waals surface area contributed by atoms with E-state index in [1.165, 1.54) is 22.9 Å². The van der Waals surface area contributed by atoms with Crippen LogP contribution in [0.5, 0.6) is 0 Å². The number of aromatic nitrogens is 1. The highest BCUT2D eigenvalue weighted by Gasteiger charge is 2.30. The van der Waals surface area contributed by atoms with E-state index in [9.17, 15) is 13.2 Å². The monoisotopic (exact) mass is 630 g/mol. The number of benzene rings is 7. The first kappa shape index (κ1) is 29.3. The Hall–Kier alpha value is -6.07. The van der Waals surface area contributed by atoms with Crippen LogP contribution < -0.4 is 4.90 Å². The van der Waals surface area contributed by atoms with Crippen molar-refractivity contribution in [1.29, 1.82) is 0 Å². The van der Waals surface area contributed by atoms with Gasteiger partial charge in [-0.1, -0.05) is 103 Å². The standard InChI is InChI=1S/C43H29F3N2/c44-43(45,46)34-23-19-32(20-24-34)30-15-17-31(18-16-30)33-21-25-37(26-22-33)48-41-14-8-7-13-39(41)40-29-38(27-28-42(40)48)47(35-9-3-1-4-10-35)36-11-5-2-6-12-36/h1-29H. The number of nitrogens with zero attached hydrogens (tertiary/aromatic N) is 2. The third-order valence-electron chi connectivity index (χ3n) is 8.83. The molecule has 8 aromatic rings. The summed E-state index contributed by atoms with van der Waals surface area (Å²) in [6.07, 6.45) is -4.34. The van der Waals surface area contributed by atoms with E-state index in [-0.39, 0.29) is 0 Å². The van der Waals surface area contributed by atoms with Crippen molar-refractivity contribution in [1.82, 2.24) is 4.57 Å². The minimum atomic E-state index is -4.34. The second-order valence-electron chi connectivity index (χ2n) is 11.8. The molecule has 1 aromatic heterocycles. The van der Waals surface area contributed by atoms with Crippen LogP contribution in [0.15, 0.2) is 176 Å². The summed E-state index contributed by atoms with van der Waals surface area (Å²) >= 11 is 0. The molecule has 0 saturated heterocycles. The Kier molecular flexibility index (Phi) is 7.30. The maximum Gasteiger partial charge on any atom is 0.416 e. The van der Waals surface area contributed by atoms with E-state index in [1.54, 1.807) is 0 Å². The molecule has 0 spiro atoms. The first-order valence-corrected chi connectivity index (χ1v) is 15.8. The van der Waals surface area contributed by atoms with Crippen molar-refractivity contribution in [2.24, 2.45) is 0 Å². The molecule has 0 amide bonds. The number of hydrogen-bond acceptors (Lipinski definition) is 1. The van der Waals surface area contributed by atoms with Crippen LogP contribution in [0.4, 0.5) is 30.2 Å². The number of alkyl halides is 3. The molecule has 0 bridgehead atoms. The van der Waals surface area contributed by atoms with E-state index in [4.69, 9.17) is 0 Å². The van der Waals surface area contributed by atoms with Gasteiger partial charge in [0, 0.05) is 33.5 Å². The Morgan fingerprint density at radius 2 is 0.854 bits per heavy atom. The van der Waals surface area contributed by atoms with Gasteiger partial charge in [-0.2, -0.15) is 13.2 Å². The van der Waals surface area contributed by atoms with Crippen LogP contribution in [-0.2, 0) is 6.18 Å². The normalized spacial score (nSPS) is 11.6. The summed E-state index contributed by atoms with van der Waals surface area (Å²) < 4.78 is 41.3. The Labute approximate surface area is 276 Å². The third-order valence-corrected chi connectivity index (χ3v) is 8.83. The smallest absolute Gasteiger partial charge is 0.310 e. The molecule has 1 heterocycles. The summed E-state index contributed by atoms with van der Waals surface area (Å²) in [7, 11) is 0. The zero-order chi connectivity index (χ0) is 32.7. The van der Waals surface area contributed by atoms with Gasteiger partial charge in [0.05, 0.1) is 16.6 Å². The topological polar surface area (TPSA) is 8.17 Å². The Morgan fingerprint density at radius 3 is 1.40 bits per heavy atom. The van der Waals surface area contributed by atoms with Gasteiger partial charge in [-0.15, -0.1) is 0 Å². The molecule has 0 aliphatic rings. The largest absolute Gasteiger partial charge is 0.416 e. The molecule has 48 heavy (non-hydrogen) atoms. The second-order valence-corrected chi connectivity index (χ2v) is 11.8. The first-order valence-electron chi connectivity index (χ1n) is 15.8. The molecule has 8 rings (SSSR count). The summed E-state index contributed by atoms with van der Waals surface area (Å²) in [4.78, 5) is 2.28. The molecule has 5 heteroatoms. The average Bonchev–Trinajstić information content (AvgIpc) is 3.46. The lowest BCUT2D eigenvalue weighted by Crippen LogP contribution is -2.09. The van der Waals surface area contributed by atoms with Crippen molar-refractivity contribution in [2.45, 2.75) is 6.18 Å². The molecule has 0 unspecified atom stereocenters. The quantitative estimate of drug-likeness (QED) is 0.177. The molecular weight excluding hydrogens is 601 g/mol. The van der Waals surface area contributed by atoms with Gasteiger partial charge in [0.15, 0.2) is 0 Å². The van der Waals surface area contributed by atoms with Crippen LogP contribution in [0.2, 0.25) is 0 Å². The van der Waals surface area contributed by atoms with Crippen LogP contribution in [0.1, 0.15) is 5.56 Å². The van der Waals surface area contributed by atoms with Crippen molar-refractivity contribution in [3.8, 4) is 27.9 Å². The van der Waals surface area contributed by atoms with Gasteiger partial charge >= 0.3 is 6.18 Å². The van der Waals surface area contributed by atoms with E-state index >= 15 is 0 Å². The highest BCUT2D eigenvalue weighted by atomic mass is 19.4. The number of halogens is 3. The van der Waals surface area contributed by atoms with Gasteiger partial charge < -0.3 is 9.47 Å². The summed E-state index contributed by atoms with van der Waals surface area (Å²) in [6.45, 7) is 0. The Balaban J connectivity index is 1.14. The molecule has 0 aliphatic heterocycles. The molecule has 232 valence electrons. The number of rotatable bonds is 6. The van der Waals surface area contributed by atoms with Crippen LogP contribution in [0.25, 0.3) is 49.7 Å². The van der Waals surface area contributed by atoms with E-state index in [2.05, 4.69) is 125 Å². The molecule has 0 fully saturated rings. The lowest BCUT2D eigenvalue weighted by molar-refractivity contribution is -0.137. The molecule has 7 aromatic carbocycles. The van der Waals surface area contributed by atoms with Gasteiger partial charge in [-0.3, -0.25) is 0 Å². The fourth-order valence-corrected chi connectivity index (χ4v) is 6.49. The molecule has 0 aliphatic carbocycles. The van der Waals surface area contributed by atoms with Crippen molar-refractivity contribution < 1.29 is 13.2 Å². The third kappa shape index (κ3) is 5.39. The predicted octanol–water partition coefficient (Wildman–Crippen LogP) is 12.6. The molecular formula is C43H29F3N2. The van der Waals surface area contributed by atoms with Crippen LogP contribution >= 0.6 is 0 Å². The molecule has 0 saturated carbocycles. The number of para-hydroxylation sites is 3. The number of anilines is 3. The van der Waals surface area contributed by atoms with Crippen LogP contribution in [-0.4, -0.2) is 4.57 Å². The highest BCUT2D eigenvalue weighted by molar-refractivity contribution is 6.10. The van der Waals surface area contributed by atoms with Crippen molar-refractivity contribution >= 4 is 38.9 Å². The number of hydrogen-bond donors (Lipinski definition) is 0. The fourth-order valence-electron chi connectivity index (χ4n) is 6.49. The highest BCUT2D eigenvalue weighted by Crippen LogP contribution is 2.40. The van der Waals surface area contributed by atoms with Crippen LogP contribution in [0.3, 0.4) is 0 Å². The van der Waals surface area contributed by atoms with Gasteiger partial charge in [-0.05, 0) is 95.1 Å². The number of fused-ring (bicyclic) bond motifs is 3. The van der Waals surface area contributed by atoms with Gasteiger partial charge in [0.1, 0.15) is 0 Å². The lowest BCUT2D eigenvalue weighted by Gasteiger charge is -2.25. The Bertz CT molecular complexity index is 2300. The molecule has 0 atom stereocenters. The van der Waals surface area contributed by atoms with Crippen molar-refractivity contribution in [3.05, 3.63) is 181 Å². The van der Waals surface area contributed by atoms with Gasteiger partial charge in [-0.25, -0.2) is 0 Å². The predicted molar refractivity (Wildman–Crippen MR) is 191 cm³/mol. The summed E-state index contributed by atoms with van der Waals surface area (Å²) in [5, 5.41) is 2.35. The second kappa shape index (κ2) is 11.9. The van der Waals surface area contributed by atoms with E-state index in [1.807, 2.05) is 36.4 Å². The summed E-state index contributed by atoms with van der Waals surface area (Å²) in [6, 6.07) is 57.7. The van der Waals surface area contributed by atoms with E-state index < -0.39 is 11.7 Å². The zero-order valence-corrected chi connectivity index (χ0v) is 25.8. The average molecular weight is 631 g/mol. The first-order chi connectivity index (χ1) is 23.4. The minimum absolute atomic E-state index is 0.645. The molecule has 0 radical (unpaired) electrons. The SMILES string of the molecule is FC(F)(F)c1ccc(-c2ccc(-c3ccc(-n4c5ccccc5c5cc(N(c6ccccc6)c6ccccc6)ccc54)cc3)cc2)cc1. The maximum atomic E-state index is 13.0. The van der Waals surface area contributed by atoms with Gasteiger partial charge in [0.25, 0.3) is 0 Å². The maximum absolute atomic E-state index is 13.0. The van der Waals surface area contributed by atoms with Gasteiger partial charge in [0.2, 0.25) is 0 Å². The molecule has 0 N–H and O–H groups in total. The molecule has 2 nitrogen and oxygen atoms in total. The fraction of sp³-hybridized carbons (Fsp3) is 0.0233. The Morgan fingerprint density at radius 1 is 0.396 bits per heavy atom. The summed E-state index contributed by atoms with van der Waals surface area (Å²) in [5.41, 5.74) is 9.63. The minimum Gasteiger partial charge on any atom is -0.310 e. The zero-order valence-electron chi connectivity index (χ0n) is 25.8. The lowest BCUT2D eigenvalue weighted by atomic mass is 9.99. The van der Waals surface area contributed by atoms with Crippen molar-refractivity contribution in [3.63, 3.8) is 0 Å².